The lowest BCUT2D eigenvalue weighted by atomic mass is 10.2. The van der Waals surface area contributed by atoms with E-state index in [0.29, 0.717) is 35.1 Å². The Hall–Kier alpha value is -0.133. The van der Waals surface area contributed by atoms with E-state index in [1.54, 1.807) is 6.07 Å². The average Bonchev–Trinajstić information content (AvgIpc) is 2.60. The Labute approximate surface area is 217 Å². The van der Waals surface area contributed by atoms with Gasteiger partial charge in [0.05, 0.1) is 29.3 Å². The number of phenolic OH excluding ortho intramolecular Hbond substituents is 1. The summed E-state index contributed by atoms with van der Waals surface area (Å²) in [6, 6.07) is 6.71. The highest BCUT2D eigenvalue weighted by atomic mass is 79.9. The van der Waals surface area contributed by atoms with Crippen molar-refractivity contribution in [2.45, 2.75) is 110 Å². The molecule has 0 aromatic heterocycles. The van der Waals surface area contributed by atoms with E-state index in [0.717, 1.165) is 18.2 Å². The third-order valence-corrected chi connectivity index (χ3v) is 14.3. The molecule has 0 unspecified atom stereocenters. The lowest BCUT2D eigenvalue weighted by Crippen LogP contribution is -3.00. The van der Waals surface area contributed by atoms with E-state index in [2.05, 4.69) is 62.3 Å². The van der Waals surface area contributed by atoms with Crippen LogP contribution in [0.25, 0.3) is 0 Å². The zero-order valence-electron chi connectivity index (χ0n) is 22.8. The fraction of sp³-hybridized carbons (Fsp3) is 0.769. The molecule has 33 heavy (non-hydrogen) atoms. The Kier molecular flexibility index (Phi) is 13.2. The second-order valence-electron chi connectivity index (χ2n) is 11.2. The van der Waals surface area contributed by atoms with Crippen molar-refractivity contribution in [1.82, 2.24) is 0 Å². The molecule has 0 saturated heterocycles. The van der Waals surface area contributed by atoms with E-state index in [-0.39, 0.29) is 38.4 Å². The van der Waals surface area contributed by atoms with Crippen molar-refractivity contribution in [2.24, 2.45) is 0 Å². The number of rotatable bonds is 11. The predicted molar refractivity (Wildman–Crippen MR) is 142 cm³/mol. The van der Waals surface area contributed by atoms with Crippen molar-refractivity contribution in [3.63, 3.8) is 0 Å². The van der Waals surface area contributed by atoms with Gasteiger partial charge >= 0.3 is 0 Å². The second-order valence-corrected chi connectivity index (χ2v) is 18.5. The first-order chi connectivity index (χ1) is 14.6. The Morgan fingerprint density at radius 1 is 0.879 bits per heavy atom. The first kappa shape index (κ1) is 32.9. The average molecular weight is 564 g/mol. The summed E-state index contributed by atoms with van der Waals surface area (Å²) in [6.45, 7) is 27.2. The number of hydrogen-bond donors (Lipinski definition) is 1. The van der Waals surface area contributed by atoms with Gasteiger partial charge in [-0.2, -0.15) is 0 Å². The molecule has 0 heterocycles. The molecule has 192 valence electrons. The smallest absolute Gasteiger partial charge is 0.161 e. The lowest BCUT2D eigenvalue weighted by Gasteiger charge is -2.54. The van der Waals surface area contributed by atoms with Gasteiger partial charge in [0.2, 0.25) is 0 Å². The Morgan fingerprint density at radius 2 is 1.36 bits per heavy atom. The third-order valence-electron chi connectivity index (χ3n) is 5.85. The molecule has 7 heteroatoms. The largest absolute Gasteiger partial charge is 1.00 e. The minimum Gasteiger partial charge on any atom is -1.00 e. The monoisotopic (exact) mass is 562 g/mol. The van der Waals surface area contributed by atoms with Crippen molar-refractivity contribution < 1.29 is 36.3 Å². The van der Waals surface area contributed by atoms with Gasteiger partial charge in [-0.1, -0.05) is 6.04 Å². The standard InChI is InChI=1S/C26H47O4PSi.BrH/c1-12-28-23(29-13-2)32-18-14-17-30-21-16-15-20(27)19-22(21)31(24(3,4)5,25(6,7)8)26(9,10)11;/h15-16,19,23H,12-14,17-18H2,1-11H3;1H. The Morgan fingerprint density at radius 3 is 1.79 bits per heavy atom. The molecule has 0 aliphatic rings. The van der Waals surface area contributed by atoms with Crippen LogP contribution in [-0.2, 0) is 9.47 Å². The van der Waals surface area contributed by atoms with Crippen molar-refractivity contribution in [3.05, 3.63) is 18.2 Å². The topological polar surface area (TPSA) is 47.9 Å². The summed E-state index contributed by atoms with van der Waals surface area (Å²) in [5, 5.41) is 11.8. The van der Waals surface area contributed by atoms with Crippen molar-refractivity contribution in [2.75, 3.05) is 19.8 Å². The molecular formula is C26H48BrO4PSi. The van der Waals surface area contributed by atoms with Gasteiger partial charge in [0.25, 0.3) is 0 Å². The van der Waals surface area contributed by atoms with Gasteiger partial charge in [-0.15, -0.1) is 0 Å². The summed E-state index contributed by atoms with van der Waals surface area (Å²) in [5.41, 5.74) is 0. The molecule has 4 nitrogen and oxygen atoms in total. The van der Waals surface area contributed by atoms with Crippen LogP contribution >= 0.6 is 7.26 Å². The normalized spacial score (nSPS) is 13.2. The van der Waals surface area contributed by atoms with E-state index in [1.165, 1.54) is 5.30 Å². The maximum atomic E-state index is 10.5. The molecule has 0 atom stereocenters. The van der Waals surface area contributed by atoms with Crippen LogP contribution < -0.4 is 27.0 Å². The van der Waals surface area contributed by atoms with Crippen LogP contribution in [0, 0.1) is 0 Å². The quantitative estimate of drug-likeness (QED) is 0.193. The van der Waals surface area contributed by atoms with Crippen LogP contribution in [0.15, 0.2) is 18.2 Å². The summed E-state index contributed by atoms with van der Waals surface area (Å²) in [4.78, 5) is 0. The van der Waals surface area contributed by atoms with Gasteiger partial charge in [-0.25, -0.2) is 0 Å². The zero-order chi connectivity index (χ0) is 24.8. The van der Waals surface area contributed by atoms with Crippen LogP contribution in [0.1, 0.15) is 82.6 Å². The molecule has 1 rings (SSSR count). The lowest BCUT2D eigenvalue weighted by molar-refractivity contribution is -0.0828. The Bertz CT molecular complexity index is 666. The van der Waals surface area contributed by atoms with E-state index in [1.807, 2.05) is 26.0 Å². The molecule has 1 aromatic carbocycles. The molecule has 1 aromatic rings. The second kappa shape index (κ2) is 13.3. The van der Waals surface area contributed by atoms with Gasteiger partial charge in [0, 0.05) is 19.3 Å². The van der Waals surface area contributed by atoms with E-state index in [9.17, 15) is 5.11 Å². The zero-order valence-corrected chi connectivity index (χ0v) is 26.3. The minimum atomic E-state index is -1.88. The molecule has 1 N–H and O–H groups in total. The van der Waals surface area contributed by atoms with Crippen LogP contribution in [0.4, 0.5) is 0 Å². The number of phenols is 1. The van der Waals surface area contributed by atoms with Gasteiger partial charge in [-0.05, 0) is 94.7 Å². The van der Waals surface area contributed by atoms with Crippen LogP contribution in [0.2, 0.25) is 6.04 Å². The van der Waals surface area contributed by atoms with Gasteiger partial charge < -0.3 is 36.3 Å². The summed E-state index contributed by atoms with van der Waals surface area (Å²) in [7, 11) is -1.27. The van der Waals surface area contributed by atoms with Crippen molar-refractivity contribution in [3.8, 4) is 11.5 Å². The highest BCUT2D eigenvalue weighted by molar-refractivity contribution is 7.87. The van der Waals surface area contributed by atoms with Crippen LogP contribution in [0.3, 0.4) is 0 Å². The highest BCUT2D eigenvalue weighted by Crippen LogP contribution is 2.83. The number of ether oxygens (including phenoxy) is 3. The predicted octanol–water partition coefficient (Wildman–Crippen LogP) is 3.68. The first-order valence-electron chi connectivity index (χ1n) is 12.0. The van der Waals surface area contributed by atoms with Gasteiger partial charge in [-0.3, -0.25) is 0 Å². The molecular weight excluding hydrogens is 515 g/mol. The molecule has 0 bridgehead atoms. The summed E-state index contributed by atoms with van der Waals surface area (Å²) >= 11 is 0. The maximum absolute atomic E-state index is 10.5. The number of halogens is 1. The summed E-state index contributed by atoms with van der Waals surface area (Å²) in [6.07, 6.45) is 0.946. The van der Waals surface area contributed by atoms with E-state index >= 15 is 0 Å². The maximum Gasteiger partial charge on any atom is 0.161 e. The van der Waals surface area contributed by atoms with E-state index in [4.69, 9.17) is 14.2 Å². The first-order valence-corrected chi connectivity index (χ1v) is 15.0. The van der Waals surface area contributed by atoms with Crippen molar-refractivity contribution in [1.29, 1.82) is 0 Å². The molecule has 0 spiro atoms. The molecule has 0 fully saturated rings. The fourth-order valence-corrected chi connectivity index (χ4v) is 16.1. The summed E-state index contributed by atoms with van der Waals surface area (Å²) < 4.78 is 17.7. The van der Waals surface area contributed by atoms with Gasteiger partial charge in [0.15, 0.2) is 5.75 Å². The molecule has 0 amide bonds. The fourth-order valence-electron chi connectivity index (χ4n) is 5.94. The SMILES string of the molecule is CCOC(OCC)[Si]CCCOc1ccc(O)cc1[P+](C(C)(C)C)(C(C)(C)C)C(C)(C)C.[Br-]. The number of aromatic hydroxyl groups is 1. The number of hydrogen-bond acceptors (Lipinski definition) is 4. The van der Waals surface area contributed by atoms with Crippen LogP contribution in [0.5, 0.6) is 11.5 Å². The minimum absolute atomic E-state index is 0. The molecule has 2 radical (unpaired) electrons. The third kappa shape index (κ3) is 7.93. The number of benzene rings is 1. The molecule has 0 aliphatic heterocycles. The summed E-state index contributed by atoms with van der Waals surface area (Å²) in [5.74, 6) is 1.13. The Balaban J connectivity index is 0.0000102. The van der Waals surface area contributed by atoms with Crippen molar-refractivity contribution >= 4 is 22.1 Å². The van der Waals surface area contributed by atoms with Crippen LogP contribution in [-0.4, -0.2) is 55.8 Å². The molecule has 0 saturated carbocycles. The highest BCUT2D eigenvalue weighted by Gasteiger charge is 2.67. The van der Waals surface area contributed by atoms with Gasteiger partial charge in [0.1, 0.15) is 26.5 Å². The van der Waals surface area contributed by atoms with E-state index < -0.39 is 7.26 Å². The molecule has 0 aliphatic carbocycles.